The van der Waals surface area contributed by atoms with Crippen molar-refractivity contribution in [2.75, 3.05) is 32.2 Å². The number of carboxylic acid groups (broad SMARTS) is 1. The van der Waals surface area contributed by atoms with Crippen LogP contribution in [0.1, 0.15) is 22.6 Å². The van der Waals surface area contributed by atoms with E-state index >= 15 is 0 Å². The molecule has 2 atom stereocenters. The summed E-state index contributed by atoms with van der Waals surface area (Å²) >= 11 is 13.4. The van der Waals surface area contributed by atoms with E-state index in [1.165, 1.54) is 13.3 Å². The molecule has 1 aliphatic heterocycles. The van der Waals surface area contributed by atoms with E-state index in [0.717, 1.165) is 11.3 Å². The number of methoxy groups -OCH3 is 2. The molecule has 0 spiro atoms. The maximum absolute atomic E-state index is 12.8. The fraction of sp³-hybridized carbons (Fsp3) is 0.364. The Bertz CT molecular complexity index is 1280. The monoisotopic (exact) mass is 555 g/mol. The van der Waals surface area contributed by atoms with Crippen LogP contribution in [0.5, 0.6) is 10.8 Å². The zero-order valence-corrected chi connectivity index (χ0v) is 21.8. The number of carbonyl (C=O) groups is 2. The third kappa shape index (κ3) is 5.36. The molecule has 3 aromatic heterocycles. The Hall–Kier alpha value is -3.06. The minimum atomic E-state index is -1.45. The highest BCUT2D eigenvalue weighted by molar-refractivity contribution is 7.18. The number of H-pyrrole nitrogens is 1. The minimum absolute atomic E-state index is 0.0938. The first-order valence-corrected chi connectivity index (χ1v) is 12.3. The van der Waals surface area contributed by atoms with Gasteiger partial charge in [-0.05, 0) is 19.4 Å². The normalized spacial score (nSPS) is 17.6. The summed E-state index contributed by atoms with van der Waals surface area (Å²) in [6.07, 6.45) is 0.248. The van der Waals surface area contributed by atoms with E-state index in [2.05, 4.69) is 20.3 Å². The van der Waals surface area contributed by atoms with Crippen molar-refractivity contribution in [3.8, 4) is 22.2 Å². The van der Waals surface area contributed by atoms with Crippen LogP contribution in [0, 0.1) is 6.92 Å². The summed E-state index contributed by atoms with van der Waals surface area (Å²) in [4.78, 5) is 37.9. The summed E-state index contributed by atoms with van der Waals surface area (Å²) in [6.45, 7) is 2.64. The Morgan fingerprint density at radius 3 is 2.72 bits per heavy atom. The summed E-state index contributed by atoms with van der Waals surface area (Å²) < 4.78 is 15.9. The fourth-order valence-electron chi connectivity index (χ4n) is 3.87. The van der Waals surface area contributed by atoms with E-state index in [-0.39, 0.29) is 39.5 Å². The van der Waals surface area contributed by atoms with Crippen LogP contribution in [0.15, 0.2) is 18.3 Å². The number of amides is 1. The predicted molar refractivity (Wildman–Crippen MR) is 135 cm³/mol. The molecule has 3 N–H and O–H groups in total. The van der Waals surface area contributed by atoms with Crippen LogP contribution in [-0.2, 0) is 4.74 Å². The van der Waals surface area contributed by atoms with Crippen molar-refractivity contribution < 1.29 is 28.9 Å². The summed E-state index contributed by atoms with van der Waals surface area (Å²) in [6, 6.07) is 3.02. The Morgan fingerprint density at radius 2 is 2.08 bits per heavy atom. The van der Waals surface area contributed by atoms with Crippen LogP contribution in [0.3, 0.4) is 0 Å². The van der Waals surface area contributed by atoms with Crippen molar-refractivity contribution in [2.24, 2.45) is 0 Å². The summed E-state index contributed by atoms with van der Waals surface area (Å²) in [7, 11) is 3.08. The van der Waals surface area contributed by atoms with Crippen molar-refractivity contribution in [3.05, 3.63) is 39.8 Å². The molecule has 1 saturated heterocycles. The lowest BCUT2D eigenvalue weighted by Gasteiger charge is -2.37. The lowest BCUT2D eigenvalue weighted by molar-refractivity contribution is 0.0540. The molecular weight excluding hydrogens is 533 g/mol. The molecule has 0 saturated carbocycles. The van der Waals surface area contributed by atoms with Gasteiger partial charge >= 0.3 is 6.16 Å². The maximum atomic E-state index is 12.8. The highest BCUT2D eigenvalue weighted by atomic mass is 35.5. The highest BCUT2D eigenvalue weighted by Gasteiger charge is 2.34. The van der Waals surface area contributed by atoms with Gasteiger partial charge in [0.1, 0.15) is 17.1 Å². The van der Waals surface area contributed by atoms with Crippen molar-refractivity contribution >= 4 is 51.7 Å². The van der Waals surface area contributed by atoms with Crippen LogP contribution in [-0.4, -0.2) is 71.6 Å². The van der Waals surface area contributed by atoms with Crippen molar-refractivity contribution in [1.82, 2.24) is 20.3 Å². The van der Waals surface area contributed by atoms with Crippen LogP contribution in [0.25, 0.3) is 11.4 Å². The molecule has 14 heteroatoms. The molecule has 0 bridgehead atoms. The fourth-order valence-corrected chi connectivity index (χ4v) is 5.25. The molecule has 0 radical (unpaired) electrons. The van der Waals surface area contributed by atoms with Crippen LogP contribution >= 0.6 is 34.5 Å². The van der Waals surface area contributed by atoms with Gasteiger partial charge in [0, 0.05) is 38.2 Å². The zero-order chi connectivity index (χ0) is 26.0. The number of aryl methyl sites for hydroxylation is 1. The number of anilines is 1. The van der Waals surface area contributed by atoms with E-state index in [4.69, 9.17) is 37.4 Å². The van der Waals surface area contributed by atoms with Gasteiger partial charge in [-0.15, -0.1) is 0 Å². The highest BCUT2D eigenvalue weighted by Crippen LogP contribution is 2.40. The van der Waals surface area contributed by atoms with E-state index in [1.54, 1.807) is 26.2 Å². The third-order valence-corrected chi connectivity index (χ3v) is 7.65. The van der Waals surface area contributed by atoms with Crippen molar-refractivity contribution in [1.29, 1.82) is 0 Å². The van der Waals surface area contributed by atoms with Gasteiger partial charge in [0.25, 0.3) is 5.91 Å². The maximum Gasteiger partial charge on any atom is 0.512 e. The number of hydrogen-bond donors (Lipinski definition) is 3. The molecule has 0 aromatic carbocycles. The molecule has 36 heavy (non-hydrogen) atoms. The number of piperidine rings is 1. The molecule has 0 aliphatic carbocycles. The first-order valence-electron chi connectivity index (χ1n) is 10.8. The second kappa shape index (κ2) is 10.9. The van der Waals surface area contributed by atoms with Crippen molar-refractivity contribution in [2.45, 2.75) is 25.5 Å². The van der Waals surface area contributed by atoms with E-state index in [0.29, 0.717) is 46.8 Å². The summed E-state index contributed by atoms with van der Waals surface area (Å²) in [5.74, 6) is 0.166. The number of halogens is 2. The van der Waals surface area contributed by atoms with Gasteiger partial charge in [-0.3, -0.25) is 9.78 Å². The van der Waals surface area contributed by atoms with Gasteiger partial charge in [-0.25, -0.2) is 9.78 Å². The smallest absolute Gasteiger partial charge is 0.497 e. The number of pyridine rings is 1. The van der Waals surface area contributed by atoms with Gasteiger partial charge in [0.05, 0.1) is 35.0 Å². The average molecular weight is 556 g/mol. The lowest BCUT2D eigenvalue weighted by Crippen LogP contribution is -2.55. The number of thiazole rings is 1. The van der Waals surface area contributed by atoms with Crippen LogP contribution in [0.4, 0.5) is 9.93 Å². The van der Waals surface area contributed by atoms with Gasteiger partial charge in [0.15, 0.2) is 5.13 Å². The quantitative estimate of drug-likeness (QED) is 0.365. The van der Waals surface area contributed by atoms with Gasteiger partial charge in [0.2, 0.25) is 5.06 Å². The number of hydrogen-bond acceptors (Lipinski definition) is 9. The third-order valence-electron chi connectivity index (χ3n) is 5.70. The average Bonchev–Trinajstić information content (AvgIpc) is 3.40. The Morgan fingerprint density at radius 1 is 1.31 bits per heavy atom. The van der Waals surface area contributed by atoms with E-state index in [9.17, 15) is 14.7 Å². The zero-order valence-electron chi connectivity index (χ0n) is 19.5. The molecule has 1 fully saturated rings. The second-order valence-corrected chi connectivity index (χ2v) is 9.62. The molecule has 1 amide bonds. The summed E-state index contributed by atoms with van der Waals surface area (Å²) in [5.41, 5.74) is 1.50. The first kappa shape index (κ1) is 26.0. The Labute approximate surface area is 220 Å². The number of rotatable bonds is 7. The molecule has 0 unspecified atom stereocenters. The molecule has 192 valence electrons. The molecule has 4 rings (SSSR count). The van der Waals surface area contributed by atoms with Gasteiger partial charge < -0.3 is 34.5 Å². The summed E-state index contributed by atoms with van der Waals surface area (Å²) in [5, 5.41) is 13.3. The number of nitrogens with one attached hydrogen (secondary N) is 2. The second-order valence-electron chi connectivity index (χ2n) is 7.92. The molecular formula is C22H23Cl2N5O6S. The number of nitrogens with zero attached hydrogens (tertiary/aromatic N) is 3. The van der Waals surface area contributed by atoms with Gasteiger partial charge in [-0.2, -0.15) is 0 Å². The van der Waals surface area contributed by atoms with Crippen LogP contribution < -0.4 is 19.7 Å². The molecule has 4 heterocycles. The number of ether oxygens (including phenoxy) is 3. The van der Waals surface area contributed by atoms with Crippen molar-refractivity contribution in [3.63, 3.8) is 0 Å². The van der Waals surface area contributed by atoms with E-state index in [1.807, 2.05) is 4.90 Å². The van der Waals surface area contributed by atoms with Gasteiger partial charge in [-0.1, -0.05) is 34.5 Å². The standard InChI is InChI=1S/C22H23Cl2N5O6S/c1-10-15(23)16(24)18(26-10)19(30)27-12-5-7-29(9-14(12)34-3)21-28-17(20(36-21)35-22(31)32)13-8-11(33-2)4-6-25-13/h4,6,8,12,14,26H,5,7,9H2,1-3H3,(H,27,30)(H,31,32)/t12-,14+/m1/s1. The SMILES string of the molecule is COc1ccnc(-c2nc(N3CC[C@@H](NC(=O)c4[nH]c(C)c(Cl)c4Cl)[C@@H](OC)C3)sc2OC(=O)O)c1. The number of carbonyl (C=O) groups excluding carboxylic acids is 1. The van der Waals surface area contributed by atoms with E-state index < -0.39 is 6.16 Å². The first-order chi connectivity index (χ1) is 17.2. The molecule has 3 aromatic rings. The van der Waals surface area contributed by atoms with Crippen LogP contribution in [0.2, 0.25) is 10.0 Å². The number of aromatic amines is 1. The Kier molecular flexibility index (Phi) is 7.88. The number of aromatic nitrogens is 3. The predicted octanol–water partition coefficient (Wildman–Crippen LogP) is 4.24. The molecule has 11 nitrogen and oxygen atoms in total. The Balaban J connectivity index is 1.53. The largest absolute Gasteiger partial charge is 0.512 e. The topological polar surface area (TPSA) is 139 Å². The molecule has 1 aliphatic rings. The minimum Gasteiger partial charge on any atom is -0.497 e. The lowest BCUT2D eigenvalue weighted by atomic mass is 10.0.